The monoisotopic (exact) mass is 611 g/mol. The summed E-state index contributed by atoms with van der Waals surface area (Å²) in [5.41, 5.74) is -1.52. The number of ether oxygens (including phenoxy) is 2. The van der Waals surface area contributed by atoms with E-state index in [4.69, 9.17) is 15.2 Å². The number of carbonyl (C=O) groups is 2. The van der Waals surface area contributed by atoms with Gasteiger partial charge in [0.25, 0.3) is 11.8 Å². The van der Waals surface area contributed by atoms with E-state index >= 15 is 4.39 Å². The lowest BCUT2D eigenvalue weighted by Crippen LogP contribution is -2.56. The number of aromatic nitrogens is 1. The summed E-state index contributed by atoms with van der Waals surface area (Å²) in [6.07, 6.45) is -12.4. The van der Waals surface area contributed by atoms with Gasteiger partial charge in [0.1, 0.15) is 11.8 Å². The second-order valence-corrected chi connectivity index (χ2v) is 10.6. The van der Waals surface area contributed by atoms with Crippen molar-refractivity contribution < 1.29 is 59.3 Å². The molecule has 1 aliphatic carbocycles. The van der Waals surface area contributed by atoms with Gasteiger partial charge in [0.05, 0.1) is 6.61 Å². The first-order valence-electron chi connectivity index (χ1n) is 12.5. The number of amides is 2. The van der Waals surface area contributed by atoms with Crippen LogP contribution in [0.4, 0.5) is 40.8 Å². The summed E-state index contributed by atoms with van der Waals surface area (Å²) in [5.74, 6) is -10.2. The highest BCUT2D eigenvalue weighted by atomic mass is 19.4. The Kier molecular flexibility index (Phi) is 7.95. The molecule has 8 nitrogen and oxygen atoms in total. The number of hydrogen-bond acceptors (Lipinski definition) is 6. The van der Waals surface area contributed by atoms with Gasteiger partial charge in [-0.15, -0.1) is 0 Å². The van der Waals surface area contributed by atoms with E-state index < -0.39 is 102 Å². The second-order valence-electron chi connectivity index (χ2n) is 10.6. The van der Waals surface area contributed by atoms with Gasteiger partial charge < -0.3 is 25.6 Å². The first-order chi connectivity index (χ1) is 19.3. The maximum Gasteiger partial charge on any atom is 0.417 e. The Bertz CT molecular complexity index is 1380. The SMILES string of the molecule is C[C@H]1[C@@H](c2ccc(F)c(F)c2OC[C@H]2C[C@](O)(C(F)(F)F)C2)[C@H](C(=O)Nc2ccnc(C(N)=O)c2)O[C@@]1(C)C(F)(F)F. The Hall–Kier alpha value is -3.53. The fraction of sp³-hybridized carbons (Fsp3) is 0.500. The van der Waals surface area contributed by atoms with Crippen LogP contribution in [0.2, 0.25) is 0 Å². The number of halogens is 8. The number of nitrogens with zero attached hydrogens (tertiary/aromatic N) is 1. The molecule has 2 fully saturated rings. The van der Waals surface area contributed by atoms with Crippen molar-refractivity contribution in [2.75, 3.05) is 11.9 Å². The summed E-state index contributed by atoms with van der Waals surface area (Å²) in [5, 5.41) is 12.0. The molecule has 1 saturated heterocycles. The summed E-state index contributed by atoms with van der Waals surface area (Å²) in [4.78, 5) is 28.4. The molecule has 0 bridgehead atoms. The standard InChI is InChI=1S/C26H25F8N3O5/c1-11-17(14-3-4-15(27)18(28)19(14)41-10-12-8-24(40,9-12)26(32,33)34)20(42-23(11,2)25(29,30)31)22(39)37-13-5-6-36-16(7-13)21(35)38/h3-7,11-12,17,20,40H,8-10H2,1-2H3,(H2,35,38)(H,36,37,39)/t11-,12-,17-,20+,23+,24+/m0/s1. The minimum absolute atomic E-state index is 0.0803. The number of carbonyl (C=O) groups excluding carboxylic acids is 2. The van der Waals surface area contributed by atoms with Crippen molar-refractivity contribution in [3.8, 4) is 5.75 Å². The molecule has 1 saturated carbocycles. The number of nitrogens with one attached hydrogen (secondary N) is 1. The van der Waals surface area contributed by atoms with Crippen LogP contribution in [-0.2, 0) is 9.53 Å². The summed E-state index contributed by atoms with van der Waals surface area (Å²) in [6.45, 7) is 1.14. The molecule has 2 aromatic rings. The van der Waals surface area contributed by atoms with E-state index in [1.54, 1.807) is 0 Å². The summed E-state index contributed by atoms with van der Waals surface area (Å²) < 4.78 is 121. The molecular formula is C26H25F8N3O5. The highest BCUT2D eigenvalue weighted by molar-refractivity contribution is 5.97. The van der Waals surface area contributed by atoms with Crippen molar-refractivity contribution in [2.24, 2.45) is 17.6 Å². The van der Waals surface area contributed by atoms with Crippen LogP contribution in [0.5, 0.6) is 5.75 Å². The van der Waals surface area contributed by atoms with Crippen LogP contribution < -0.4 is 15.8 Å². The van der Waals surface area contributed by atoms with Crippen LogP contribution >= 0.6 is 0 Å². The van der Waals surface area contributed by atoms with E-state index in [1.807, 2.05) is 0 Å². The Balaban J connectivity index is 1.68. The van der Waals surface area contributed by atoms with Gasteiger partial charge in [-0.25, -0.2) is 4.39 Å². The van der Waals surface area contributed by atoms with Crippen LogP contribution in [0, 0.1) is 23.5 Å². The number of aliphatic hydroxyl groups is 1. The lowest BCUT2D eigenvalue weighted by Gasteiger charge is -2.44. The third kappa shape index (κ3) is 5.48. The minimum atomic E-state index is -5.04. The molecule has 1 aromatic heterocycles. The second kappa shape index (κ2) is 10.6. The predicted octanol–water partition coefficient (Wildman–Crippen LogP) is 4.62. The average molecular weight is 611 g/mol. The first-order valence-corrected chi connectivity index (χ1v) is 12.5. The quantitative estimate of drug-likeness (QED) is 0.393. The number of rotatable bonds is 7. The topological polar surface area (TPSA) is 124 Å². The number of anilines is 1. The molecule has 16 heteroatoms. The van der Waals surface area contributed by atoms with Crippen molar-refractivity contribution in [1.82, 2.24) is 4.98 Å². The fourth-order valence-electron chi connectivity index (χ4n) is 5.28. The maximum absolute atomic E-state index is 15.0. The maximum atomic E-state index is 15.0. The van der Waals surface area contributed by atoms with Gasteiger partial charge in [-0.2, -0.15) is 30.7 Å². The minimum Gasteiger partial charge on any atom is -0.490 e. The summed E-state index contributed by atoms with van der Waals surface area (Å²) >= 11 is 0. The normalized spacial score (nSPS) is 29.6. The Morgan fingerprint density at radius 2 is 1.79 bits per heavy atom. The smallest absolute Gasteiger partial charge is 0.417 e. The van der Waals surface area contributed by atoms with E-state index in [0.29, 0.717) is 13.0 Å². The molecule has 4 atom stereocenters. The zero-order valence-corrected chi connectivity index (χ0v) is 21.9. The van der Waals surface area contributed by atoms with Gasteiger partial charge in [0, 0.05) is 29.3 Å². The molecular weight excluding hydrogens is 586 g/mol. The Morgan fingerprint density at radius 1 is 1.14 bits per heavy atom. The van der Waals surface area contributed by atoms with Crippen molar-refractivity contribution in [3.05, 3.63) is 53.4 Å². The molecule has 0 unspecified atom stereocenters. The predicted molar refractivity (Wildman–Crippen MR) is 128 cm³/mol. The average Bonchev–Trinajstić information content (AvgIpc) is 3.14. The molecule has 2 heterocycles. The molecule has 0 spiro atoms. The third-order valence-electron chi connectivity index (χ3n) is 7.89. The van der Waals surface area contributed by atoms with Gasteiger partial charge in [-0.1, -0.05) is 13.0 Å². The molecule has 1 aliphatic heterocycles. The van der Waals surface area contributed by atoms with Crippen LogP contribution in [0.15, 0.2) is 30.5 Å². The van der Waals surface area contributed by atoms with Crippen LogP contribution in [0.3, 0.4) is 0 Å². The number of pyridine rings is 1. The van der Waals surface area contributed by atoms with E-state index in [2.05, 4.69) is 10.3 Å². The lowest BCUT2D eigenvalue weighted by atomic mass is 9.71. The van der Waals surface area contributed by atoms with Crippen LogP contribution in [0.25, 0.3) is 0 Å². The number of hydrogen-bond donors (Lipinski definition) is 3. The van der Waals surface area contributed by atoms with Crippen molar-refractivity contribution >= 4 is 17.5 Å². The highest BCUT2D eigenvalue weighted by Crippen LogP contribution is 2.55. The van der Waals surface area contributed by atoms with E-state index in [1.165, 1.54) is 6.07 Å². The van der Waals surface area contributed by atoms with Crippen LogP contribution in [0.1, 0.15) is 48.7 Å². The Morgan fingerprint density at radius 3 is 2.36 bits per heavy atom. The number of nitrogens with two attached hydrogens (primary N) is 1. The number of benzene rings is 1. The number of alkyl halides is 6. The summed E-state index contributed by atoms with van der Waals surface area (Å²) in [7, 11) is 0. The molecule has 2 amide bonds. The first kappa shape index (κ1) is 31.4. The molecule has 4 rings (SSSR count). The van der Waals surface area contributed by atoms with Gasteiger partial charge in [-0.05, 0) is 43.9 Å². The van der Waals surface area contributed by atoms with Crippen LogP contribution in [-0.4, -0.2) is 58.2 Å². The third-order valence-corrected chi connectivity index (χ3v) is 7.89. The van der Waals surface area contributed by atoms with Gasteiger partial charge >= 0.3 is 12.4 Å². The molecule has 1 aromatic carbocycles. The van der Waals surface area contributed by atoms with Crippen molar-refractivity contribution in [3.63, 3.8) is 0 Å². The zero-order valence-electron chi connectivity index (χ0n) is 21.9. The molecule has 2 aliphatic rings. The Labute approximate surface area is 233 Å². The molecule has 42 heavy (non-hydrogen) atoms. The van der Waals surface area contributed by atoms with Crippen molar-refractivity contribution in [1.29, 1.82) is 0 Å². The van der Waals surface area contributed by atoms with Gasteiger partial charge in [0.2, 0.25) is 5.82 Å². The lowest BCUT2D eigenvalue weighted by molar-refractivity contribution is -0.300. The zero-order chi connectivity index (χ0) is 31.4. The molecule has 4 N–H and O–H groups in total. The van der Waals surface area contributed by atoms with Gasteiger partial charge in [-0.3, -0.25) is 14.6 Å². The highest BCUT2D eigenvalue weighted by Gasteiger charge is 2.66. The molecule has 0 radical (unpaired) electrons. The van der Waals surface area contributed by atoms with E-state index in [9.17, 15) is 45.4 Å². The largest absolute Gasteiger partial charge is 0.490 e. The van der Waals surface area contributed by atoms with Gasteiger partial charge in [0.15, 0.2) is 22.8 Å². The molecule has 230 valence electrons. The number of primary amides is 1. The fourth-order valence-corrected chi connectivity index (χ4v) is 5.28. The van der Waals surface area contributed by atoms with E-state index in [-0.39, 0.29) is 11.4 Å². The van der Waals surface area contributed by atoms with Crippen molar-refractivity contribution in [2.45, 2.75) is 62.3 Å². The van der Waals surface area contributed by atoms with E-state index in [0.717, 1.165) is 25.3 Å². The summed E-state index contributed by atoms with van der Waals surface area (Å²) in [6, 6.07) is 3.79.